The molecule has 0 radical (unpaired) electrons. The van der Waals surface area contributed by atoms with Crippen LogP contribution in [0, 0.1) is 10.1 Å². The molecule has 1 amide bonds. The number of nitrogens with zero attached hydrogens (tertiary/aromatic N) is 2. The highest BCUT2D eigenvalue weighted by Gasteiger charge is 2.27. The summed E-state index contributed by atoms with van der Waals surface area (Å²) in [5.41, 5.74) is -0.205. The number of anilines is 1. The van der Waals surface area contributed by atoms with Crippen molar-refractivity contribution in [3.05, 3.63) is 64.2 Å². The van der Waals surface area contributed by atoms with Crippen molar-refractivity contribution in [3.63, 3.8) is 0 Å². The predicted octanol–water partition coefficient (Wildman–Crippen LogP) is 1.87. The van der Waals surface area contributed by atoms with E-state index in [9.17, 15) is 23.3 Å². The van der Waals surface area contributed by atoms with Crippen molar-refractivity contribution in [3.8, 4) is 0 Å². The number of carbonyl (C=O) groups excluding carboxylic acids is 1. The van der Waals surface area contributed by atoms with Gasteiger partial charge in [-0.25, -0.2) is 8.42 Å². The second-order valence-electron chi connectivity index (χ2n) is 5.77. The van der Waals surface area contributed by atoms with Crippen LogP contribution in [0.1, 0.15) is 10.4 Å². The van der Waals surface area contributed by atoms with Gasteiger partial charge in [0.2, 0.25) is 10.0 Å². The largest absolute Gasteiger partial charge is 0.379 e. The average Bonchev–Trinajstić information content (AvgIpc) is 2.69. The number of amides is 1. The second-order valence-corrected chi connectivity index (χ2v) is 7.71. The molecule has 1 aliphatic rings. The summed E-state index contributed by atoms with van der Waals surface area (Å²) in [6, 6.07) is 11.3. The number of ether oxygens (including phenoxy) is 1. The highest BCUT2D eigenvalue weighted by atomic mass is 32.2. The van der Waals surface area contributed by atoms with Gasteiger partial charge in [0.25, 0.3) is 11.6 Å². The van der Waals surface area contributed by atoms with Crippen LogP contribution in [0.25, 0.3) is 0 Å². The first kappa shape index (κ1) is 19.0. The number of sulfonamides is 1. The topological polar surface area (TPSA) is 119 Å². The van der Waals surface area contributed by atoms with Crippen molar-refractivity contribution in [1.82, 2.24) is 4.31 Å². The molecule has 0 atom stereocenters. The molecule has 10 heteroatoms. The highest BCUT2D eigenvalue weighted by Crippen LogP contribution is 2.23. The molecule has 3 rings (SSSR count). The van der Waals surface area contributed by atoms with Gasteiger partial charge in [-0.2, -0.15) is 4.31 Å². The molecule has 1 aliphatic heterocycles. The summed E-state index contributed by atoms with van der Waals surface area (Å²) in [4.78, 5) is 22.9. The van der Waals surface area contributed by atoms with Crippen LogP contribution < -0.4 is 5.32 Å². The summed E-state index contributed by atoms with van der Waals surface area (Å²) in [7, 11) is -3.71. The second kappa shape index (κ2) is 7.82. The van der Waals surface area contributed by atoms with Crippen LogP contribution >= 0.6 is 0 Å². The van der Waals surface area contributed by atoms with E-state index in [1.807, 2.05) is 0 Å². The number of carbonyl (C=O) groups is 1. The number of nitro groups is 1. The molecule has 1 N–H and O–H groups in total. The van der Waals surface area contributed by atoms with Gasteiger partial charge in [-0.05, 0) is 24.3 Å². The molecule has 1 fully saturated rings. The molecule has 2 aromatic carbocycles. The fourth-order valence-electron chi connectivity index (χ4n) is 2.69. The molecule has 0 bridgehead atoms. The van der Waals surface area contributed by atoms with Gasteiger partial charge in [-0.1, -0.05) is 18.2 Å². The van der Waals surface area contributed by atoms with E-state index in [1.165, 1.54) is 52.8 Å². The number of benzene rings is 2. The third-order valence-corrected chi connectivity index (χ3v) is 5.94. The van der Waals surface area contributed by atoms with Crippen molar-refractivity contribution >= 4 is 27.3 Å². The number of nitrogens with one attached hydrogen (secondary N) is 1. The molecule has 0 aliphatic carbocycles. The summed E-state index contributed by atoms with van der Waals surface area (Å²) < 4.78 is 31.9. The number of morpholine rings is 1. The molecular weight excluding hydrogens is 374 g/mol. The molecule has 27 heavy (non-hydrogen) atoms. The number of nitro benzene ring substituents is 1. The first-order valence-electron chi connectivity index (χ1n) is 8.12. The summed E-state index contributed by atoms with van der Waals surface area (Å²) in [6.45, 7) is 1.17. The van der Waals surface area contributed by atoms with Crippen molar-refractivity contribution in [2.75, 3.05) is 31.6 Å². The van der Waals surface area contributed by atoms with Crippen molar-refractivity contribution in [1.29, 1.82) is 0 Å². The summed E-state index contributed by atoms with van der Waals surface area (Å²) in [5, 5.41) is 13.6. The third-order valence-electron chi connectivity index (χ3n) is 4.05. The minimum atomic E-state index is -3.71. The number of hydrogen-bond donors (Lipinski definition) is 1. The maximum atomic E-state index is 12.7. The standard InChI is InChI=1S/C17H17N3O6S/c21-17(15-6-1-2-7-16(15)20(22)23)18-13-4-3-5-14(12-13)27(24,25)19-8-10-26-11-9-19/h1-7,12H,8-11H2,(H,18,21). The normalized spacial score (nSPS) is 15.3. The van der Waals surface area contributed by atoms with Crippen LogP contribution in [-0.2, 0) is 14.8 Å². The SMILES string of the molecule is O=C(Nc1cccc(S(=O)(=O)N2CCOCC2)c1)c1ccccc1[N+](=O)[O-]. The predicted molar refractivity (Wildman–Crippen MR) is 97.1 cm³/mol. The van der Waals surface area contributed by atoms with E-state index >= 15 is 0 Å². The lowest BCUT2D eigenvalue weighted by atomic mass is 10.1. The Kier molecular flexibility index (Phi) is 5.49. The zero-order valence-corrected chi connectivity index (χ0v) is 15.0. The van der Waals surface area contributed by atoms with Gasteiger partial charge < -0.3 is 10.1 Å². The van der Waals surface area contributed by atoms with Gasteiger partial charge in [-0.3, -0.25) is 14.9 Å². The van der Waals surface area contributed by atoms with Crippen LogP contribution in [0.3, 0.4) is 0 Å². The van der Waals surface area contributed by atoms with E-state index in [1.54, 1.807) is 0 Å². The first-order chi connectivity index (χ1) is 12.9. The number of rotatable bonds is 5. The molecule has 1 saturated heterocycles. The molecule has 0 unspecified atom stereocenters. The number of hydrogen-bond acceptors (Lipinski definition) is 6. The lowest BCUT2D eigenvalue weighted by Gasteiger charge is -2.26. The maximum Gasteiger partial charge on any atom is 0.282 e. The summed E-state index contributed by atoms with van der Waals surface area (Å²) in [5.74, 6) is -0.691. The van der Waals surface area contributed by atoms with E-state index in [0.717, 1.165) is 0 Å². The van der Waals surface area contributed by atoms with Crippen molar-refractivity contribution < 1.29 is 22.9 Å². The van der Waals surface area contributed by atoms with Crippen LogP contribution in [0.5, 0.6) is 0 Å². The summed E-state index contributed by atoms with van der Waals surface area (Å²) >= 11 is 0. The fourth-order valence-corrected chi connectivity index (χ4v) is 4.15. The lowest BCUT2D eigenvalue weighted by molar-refractivity contribution is -0.385. The third kappa shape index (κ3) is 4.13. The van der Waals surface area contributed by atoms with Crippen LogP contribution in [0.4, 0.5) is 11.4 Å². The number of para-hydroxylation sites is 1. The molecule has 2 aromatic rings. The fraction of sp³-hybridized carbons (Fsp3) is 0.235. The molecule has 9 nitrogen and oxygen atoms in total. The molecule has 142 valence electrons. The lowest BCUT2D eigenvalue weighted by Crippen LogP contribution is -2.40. The Labute approximate surface area is 155 Å². The molecule has 1 heterocycles. The van der Waals surface area contributed by atoms with Gasteiger partial charge in [0.15, 0.2) is 0 Å². The van der Waals surface area contributed by atoms with Crippen molar-refractivity contribution in [2.45, 2.75) is 4.90 Å². The molecule has 0 spiro atoms. The van der Waals surface area contributed by atoms with E-state index < -0.39 is 20.9 Å². The minimum absolute atomic E-state index is 0.0322. The van der Waals surface area contributed by atoms with E-state index in [4.69, 9.17) is 4.74 Å². The summed E-state index contributed by atoms with van der Waals surface area (Å²) in [6.07, 6.45) is 0. The van der Waals surface area contributed by atoms with Gasteiger partial charge in [-0.15, -0.1) is 0 Å². The Bertz CT molecular complexity index is 970. The van der Waals surface area contributed by atoms with Crippen LogP contribution in [0.15, 0.2) is 53.4 Å². The van der Waals surface area contributed by atoms with E-state index in [0.29, 0.717) is 13.2 Å². The Morgan fingerprint density at radius 1 is 1.11 bits per heavy atom. The zero-order chi connectivity index (χ0) is 19.4. The Morgan fingerprint density at radius 3 is 2.52 bits per heavy atom. The van der Waals surface area contributed by atoms with Crippen molar-refractivity contribution in [2.24, 2.45) is 0 Å². The van der Waals surface area contributed by atoms with Gasteiger partial charge >= 0.3 is 0 Å². The maximum absolute atomic E-state index is 12.7. The van der Waals surface area contributed by atoms with Gasteiger partial charge in [0.05, 0.1) is 23.0 Å². The van der Waals surface area contributed by atoms with E-state index in [-0.39, 0.29) is 34.9 Å². The smallest absolute Gasteiger partial charge is 0.282 e. The van der Waals surface area contributed by atoms with Crippen LogP contribution in [0.2, 0.25) is 0 Å². The van der Waals surface area contributed by atoms with Crippen LogP contribution in [-0.4, -0.2) is 49.9 Å². The molecule has 0 aromatic heterocycles. The van der Waals surface area contributed by atoms with Gasteiger partial charge in [0, 0.05) is 24.8 Å². The average molecular weight is 391 g/mol. The zero-order valence-electron chi connectivity index (χ0n) is 14.2. The Balaban J connectivity index is 1.84. The molecule has 0 saturated carbocycles. The quantitative estimate of drug-likeness (QED) is 0.614. The first-order valence-corrected chi connectivity index (χ1v) is 9.56. The Hall–Kier alpha value is -2.82. The monoisotopic (exact) mass is 391 g/mol. The van der Waals surface area contributed by atoms with E-state index in [2.05, 4.69) is 5.32 Å². The molecular formula is C17H17N3O6S. The van der Waals surface area contributed by atoms with Gasteiger partial charge in [0.1, 0.15) is 5.56 Å². The minimum Gasteiger partial charge on any atom is -0.379 e. The highest BCUT2D eigenvalue weighted by molar-refractivity contribution is 7.89. The Morgan fingerprint density at radius 2 is 1.81 bits per heavy atom.